The lowest BCUT2D eigenvalue weighted by atomic mass is 10.1. The standard InChI is InChI=1S/C12H5F2N3O3S/c13-8-4-10(17(19)20)9(14)3-7(8)11(18)16-12-6(5-15)1-2-21-12/h1-4H,(H,16,18). The number of nitro benzene ring substituents is 1. The summed E-state index contributed by atoms with van der Waals surface area (Å²) in [6.07, 6.45) is 0. The molecule has 2 aromatic rings. The molecule has 1 amide bonds. The summed E-state index contributed by atoms with van der Waals surface area (Å²) in [7, 11) is 0. The van der Waals surface area contributed by atoms with E-state index in [4.69, 9.17) is 5.26 Å². The summed E-state index contributed by atoms with van der Waals surface area (Å²) >= 11 is 1.04. The van der Waals surface area contributed by atoms with Gasteiger partial charge in [-0.2, -0.15) is 9.65 Å². The number of nitriles is 1. The van der Waals surface area contributed by atoms with Gasteiger partial charge in [-0.05, 0) is 17.5 Å². The Labute approximate surface area is 120 Å². The van der Waals surface area contributed by atoms with E-state index in [9.17, 15) is 23.7 Å². The van der Waals surface area contributed by atoms with Crippen LogP contribution < -0.4 is 5.32 Å². The van der Waals surface area contributed by atoms with E-state index < -0.39 is 33.7 Å². The lowest BCUT2D eigenvalue weighted by Crippen LogP contribution is -2.14. The molecule has 106 valence electrons. The Bertz CT molecular complexity index is 783. The van der Waals surface area contributed by atoms with Gasteiger partial charge in [0.25, 0.3) is 5.91 Å². The number of carbonyl (C=O) groups is 1. The summed E-state index contributed by atoms with van der Waals surface area (Å²) in [5.74, 6) is -3.55. The van der Waals surface area contributed by atoms with Crippen molar-refractivity contribution in [3.05, 3.63) is 56.5 Å². The molecule has 21 heavy (non-hydrogen) atoms. The number of benzene rings is 1. The van der Waals surface area contributed by atoms with Gasteiger partial charge < -0.3 is 5.32 Å². The van der Waals surface area contributed by atoms with Gasteiger partial charge in [0.2, 0.25) is 5.82 Å². The molecule has 6 nitrogen and oxygen atoms in total. The average Bonchev–Trinajstić information content (AvgIpc) is 2.87. The van der Waals surface area contributed by atoms with Crippen LogP contribution in [0.25, 0.3) is 0 Å². The van der Waals surface area contributed by atoms with Crippen LogP contribution in [-0.2, 0) is 0 Å². The molecule has 0 bridgehead atoms. The van der Waals surface area contributed by atoms with Crippen LogP contribution in [0.1, 0.15) is 15.9 Å². The van der Waals surface area contributed by atoms with Crippen molar-refractivity contribution < 1.29 is 18.5 Å². The predicted molar refractivity (Wildman–Crippen MR) is 70.0 cm³/mol. The number of thiophene rings is 1. The van der Waals surface area contributed by atoms with Crippen LogP contribution in [0.15, 0.2) is 23.6 Å². The van der Waals surface area contributed by atoms with Crippen molar-refractivity contribution in [2.45, 2.75) is 0 Å². The molecular weight excluding hydrogens is 304 g/mol. The molecule has 0 saturated carbocycles. The summed E-state index contributed by atoms with van der Waals surface area (Å²) in [5.41, 5.74) is -1.57. The Morgan fingerprint density at radius 1 is 1.38 bits per heavy atom. The minimum Gasteiger partial charge on any atom is -0.312 e. The van der Waals surface area contributed by atoms with E-state index in [2.05, 4.69) is 5.32 Å². The minimum atomic E-state index is -1.32. The number of carbonyl (C=O) groups excluding carboxylic acids is 1. The number of nitro groups is 1. The molecule has 0 fully saturated rings. The summed E-state index contributed by atoms with van der Waals surface area (Å²) in [5, 5.41) is 23.2. The maximum Gasteiger partial charge on any atom is 0.307 e. The van der Waals surface area contributed by atoms with Crippen molar-refractivity contribution in [2.75, 3.05) is 5.32 Å². The molecule has 0 saturated heterocycles. The smallest absolute Gasteiger partial charge is 0.307 e. The number of hydrogen-bond donors (Lipinski definition) is 1. The monoisotopic (exact) mass is 309 g/mol. The molecule has 0 aliphatic carbocycles. The molecule has 1 aromatic heterocycles. The number of nitrogens with zero attached hydrogens (tertiary/aromatic N) is 2. The zero-order valence-electron chi connectivity index (χ0n) is 10.1. The fourth-order valence-electron chi connectivity index (χ4n) is 1.51. The fraction of sp³-hybridized carbons (Fsp3) is 0. The van der Waals surface area contributed by atoms with Crippen LogP contribution in [0.4, 0.5) is 19.5 Å². The number of hydrogen-bond acceptors (Lipinski definition) is 5. The molecule has 1 aromatic carbocycles. The lowest BCUT2D eigenvalue weighted by molar-refractivity contribution is -0.387. The summed E-state index contributed by atoms with van der Waals surface area (Å²) in [6, 6.07) is 4.06. The fourth-order valence-corrected chi connectivity index (χ4v) is 2.25. The van der Waals surface area contributed by atoms with E-state index >= 15 is 0 Å². The maximum absolute atomic E-state index is 13.7. The van der Waals surface area contributed by atoms with Gasteiger partial charge in [0.1, 0.15) is 16.9 Å². The summed E-state index contributed by atoms with van der Waals surface area (Å²) in [6.45, 7) is 0. The van der Waals surface area contributed by atoms with E-state index in [0.29, 0.717) is 12.1 Å². The molecule has 1 heterocycles. The van der Waals surface area contributed by atoms with Crippen LogP contribution in [-0.4, -0.2) is 10.8 Å². The Kier molecular flexibility index (Phi) is 3.91. The third-order valence-electron chi connectivity index (χ3n) is 2.49. The second-order valence-corrected chi connectivity index (χ2v) is 4.69. The van der Waals surface area contributed by atoms with E-state index in [0.717, 1.165) is 11.3 Å². The van der Waals surface area contributed by atoms with Crippen molar-refractivity contribution in [1.29, 1.82) is 5.26 Å². The SMILES string of the molecule is N#Cc1ccsc1NC(=O)c1cc(F)c([N+](=O)[O-])cc1F. The van der Waals surface area contributed by atoms with E-state index in [1.54, 1.807) is 5.38 Å². The van der Waals surface area contributed by atoms with E-state index in [1.807, 2.05) is 6.07 Å². The van der Waals surface area contributed by atoms with Gasteiger partial charge in [-0.25, -0.2) is 4.39 Å². The van der Waals surface area contributed by atoms with Crippen molar-refractivity contribution in [1.82, 2.24) is 0 Å². The lowest BCUT2D eigenvalue weighted by Gasteiger charge is -2.05. The number of anilines is 1. The second kappa shape index (κ2) is 5.64. The van der Waals surface area contributed by atoms with Crippen molar-refractivity contribution >= 4 is 27.9 Å². The first-order valence-electron chi connectivity index (χ1n) is 5.36. The van der Waals surface area contributed by atoms with Crippen molar-refractivity contribution in [3.8, 4) is 6.07 Å². The van der Waals surface area contributed by atoms with Gasteiger partial charge in [-0.15, -0.1) is 11.3 Å². The van der Waals surface area contributed by atoms with Crippen molar-refractivity contribution in [2.24, 2.45) is 0 Å². The van der Waals surface area contributed by atoms with Crippen LogP contribution in [0.5, 0.6) is 0 Å². The molecule has 0 aliphatic rings. The Hall–Kier alpha value is -2.86. The molecule has 0 radical (unpaired) electrons. The Morgan fingerprint density at radius 2 is 2.10 bits per heavy atom. The second-order valence-electron chi connectivity index (χ2n) is 3.77. The van der Waals surface area contributed by atoms with Gasteiger partial charge in [0.05, 0.1) is 22.1 Å². The molecule has 2 rings (SSSR count). The highest BCUT2D eigenvalue weighted by Crippen LogP contribution is 2.25. The third kappa shape index (κ3) is 2.85. The van der Waals surface area contributed by atoms with Crippen LogP contribution >= 0.6 is 11.3 Å². The minimum absolute atomic E-state index is 0.177. The van der Waals surface area contributed by atoms with Crippen LogP contribution in [0.3, 0.4) is 0 Å². The van der Waals surface area contributed by atoms with E-state index in [-0.39, 0.29) is 10.6 Å². The Balaban J connectivity index is 2.34. The molecule has 0 unspecified atom stereocenters. The van der Waals surface area contributed by atoms with Crippen LogP contribution in [0, 0.1) is 33.1 Å². The van der Waals surface area contributed by atoms with Gasteiger partial charge in [0, 0.05) is 0 Å². The van der Waals surface area contributed by atoms with Gasteiger partial charge in [-0.1, -0.05) is 0 Å². The zero-order valence-corrected chi connectivity index (χ0v) is 10.9. The molecule has 0 spiro atoms. The molecule has 0 atom stereocenters. The first-order chi connectivity index (χ1) is 9.93. The van der Waals surface area contributed by atoms with E-state index in [1.165, 1.54) is 6.07 Å². The Morgan fingerprint density at radius 3 is 2.71 bits per heavy atom. The topological polar surface area (TPSA) is 96.0 Å². The number of rotatable bonds is 3. The molecule has 9 heteroatoms. The molecule has 0 aliphatic heterocycles. The number of nitrogens with one attached hydrogen (secondary N) is 1. The highest BCUT2D eigenvalue weighted by molar-refractivity contribution is 7.14. The van der Waals surface area contributed by atoms with Crippen molar-refractivity contribution in [3.63, 3.8) is 0 Å². The van der Waals surface area contributed by atoms with Gasteiger partial charge in [0.15, 0.2) is 0 Å². The molecular formula is C12H5F2N3O3S. The van der Waals surface area contributed by atoms with Crippen LogP contribution in [0.2, 0.25) is 0 Å². The quantitative estimate of drug-likeness (QED) is 0.696. The summed E-state index contributed by atoms with van der Waals surface area (Å²) in [4.78, 5) is 21.2. The normalized spacial score (nSPS) is 9.95. The number of halogens is 2. The highest BCUT2D eigenvalue weighted by atomic mass is 32.1. The highest BCUT2D eigenvalue weighted by Gasteiger charge is 2.22. The number of amides is 1. The third-order valence-corrected chi connectivity index (χ3v) is 3.32. The summed E-state index contributed by atoms with van der Waals surface area (Å²) < 4.78 is 27.1. The predicted octanol–water partition coefficient (Wildman–Crippen LogP) is 3.06. The molecule has 1 N–H and O–H groups in total. The average molecular weight is 309 g/mol. The maximum atomic E-state index is 13.7. The van der Waals surface area contributed by atoms with Gasteiger partial charge >= 0.3 is 5.69 Å². The van der Waals surface area contributed by atoms with Gasteiger partial charge in [-0.3, -0.25) is 14.9 Å². The zero-order chi connectivity index (χ0) is 15.6. The largest absolute Gasteiger partial charge is 0.312 e. The first-order valence-corrected chi connectivity index (χ1v) is 6.24. The first kappa shape index (κ1) is 14.5.